The monoisotopic (exact) mass is 591 g/mol. The molecule has 0 saturated heterocycles. The zero-order valence-corrected chi connectivity index (χ0v) is 27.0. The van der Waals surface area contributed by atoms with Gasteiger partial charge in [0.25, 0.3) is 5.01 Å². The van der Waals surface area contributed by atoms with Gasteiger partial charge in [-0.1, -0.05) is 42.2 Å². The van der Waals surface area contributed by atoms with E-state index in [1.165, 1.54) is 50.4 Å². The number of aryl methyl sites for hydroxylation is 1. The van der Waals surface area contributed by atoms with Crippen LogP contribution in [-0.2, 0) is 6.54 Å². The van der Waals surface area contributed by atoms with Crippen molar-refractivity contribution in [2.24, 2.45) is 5.92 Å². The highest BCUT2D eigenvalue weighted by Crippen LogP contribution is 2.49. The van der Waals surface area contributed by atoms with Gasteiger partial charge in [-0.3, -0.25) is 0 Å². The van der Waals surface area contributed by atoms with Crippen LogP contribution in [-0.4, -0.2) is 31.6 Å². The summed E-state index contributed by atoms with van der Waals surface area (Å²) in [4.78, 5) is 9.36. The highest BCUT2D eigenvalue weighted by molar-refractivity contribution is 8.04. The minimum atomic E-state index is 0.475. The molecule has 2 aromatic carbocycles. The minimum Gasteiger partial charge on any atom is -0.336 e. The van der Waals surface area contributed by atoms with Crippen molar-refractivity contribution in [3.8, 4) is 0 Å². The molecule has 1 unspecified atom stereocenters. The second-order valence-corrected chi connectivity index (χ2v) is 14.0. The maximum Gasteiger partial charge on any atom is 0.262 e. The Morgan fingerprint density at radius 1 is 0.917 bits per heavy atom. The highest BCUT2D eigenvalue weighted by Gasteiger charge is 2.26. The maximum atomic E-state index is 2.48. The fourth-order valence-corrected chi connectivity index (χ4v) is 9.87. The number of hydrogen-bond acceptors (Lipinski definition) is 7. The van der Waals surface area contributed by atoms with Crippen LogP contribution in [0.5, 0.6) is 0 Å². The van der Waals surface area contributed by atoms with Gasteiger partial charge in [-0.05, 0) is 69.4 Å². The number of benzene rings is 2. The molecule has 3 aromatic rings. The first-order valence-corrected chi connectivity index (χ1v) is 18.7. The first-order valence-electron chi connectivity index (χ1n) is 12.2. The number of rotatable bonds is 10. The van der Waals surface area contributed by atoms with Crippen LogP contribution in [0.25, 0.3) is 16.3 Å². The molecule has 8 heteroatoms. The molecule has 2 heterocycles. The zero-order chi connectivity index (χ0) is 25.8. The molecule has 1 aromatic heterocycles. The van der Waals surface area contributed by atoms with Gasteiger partial charge in [-0.2, -0.15) is 4.57 Å². The molecule has 0 fully saturated rings. The van der Waals surface area contributed by atoms with Crippen LogP contribution in [0.3, 0.4) is 0 Å². The molecular formula is C28H35N2S6+. The summed E-state index contributed by atoms with van der Waals surface area (Å²) in [5, 5.41) is 2.71. The normalized spacial score (nSPS) is 15.5. The molecule has 4 rings (SSSR count). The van der Waals surface area contributed by atoms with E-state index in [0.717, 1.165) is 19.5 Å². The van der Waals surface area contributed by atoms with Crippen LogP contribution in [0.1, 0.15) is 32.2 Å². The number of hydrogen-bond donors (Lipinski definition) is 0. The number of anilines is 1. The van der Waals surface area contributed by atoms with Crippen molar-refractivity contribution < 1.29 is 4.57 Å². The van der Waals surface area contributed by atoms with Gasteiger partial charge in [0.1, 0.15) is 11.2 Å². The average molecular weight is 592 g/mol. The second kappa shape index (κ2) is 12.9. The van der Waals surface area contributed by atoms with Crippen molar-refractivity contribution in [2.45, 2.75) is 58.2 Å². The van der Waals surface area contributed by atoms with Crippen LogP contribution in [0.15, 0.2) is 65.9 Å². The van der Waals surface area contributed by atoms with Crippen LogP contribution in [0.4, 0.5) is 5.69 Å². The van der Waals surface area contributed by atoms with E-state index >= 15 is 0 Å². The van der Waals surface area contributed by atoms with Gasteiger partial charge in [0, 0.05) is 43.2 Å². The van der Waals surface area contributed by atoms with Crippen LogP contribution in [0, 0.1) is 5.92 Å². The van der Waals surface area contributed by atoms with Crippen molar-refractivity contribution in [1.29, 1.82) is 0 Å². The molecule has 36 heavy (non-hydrogen) atoms. The topological polar surface area (TPSA) is 7.12 Å². The number of thiazole rings is 1. The zero-order valence-electron chi connectivity index (χ0n) is 22.1. The van der Waals surface area contributed by atoms with Gasteiger partial charge < -0.3 is 4.90 Å². The lowest BCUT2D eigenvalue weighted by atomic mass is 10.1. The highest BCUT2D eigenvalue weighted by atomic mass is 32.2. The third-order valence-corrected chi connectivity index (χ3v) is 12.0. The SMILES string of the molecule is CCN1C(=CCC(C)C=Cc2sc3cc(SC)c(SC)cc3[n+]2CC)Sc2cc(SC)c(SC)cc21. The van der Waals surface area contributed by atoms with Gasteiger partial charge in [-0.25, -0.2) is 0 Å². The molecule has 0 amide bonds. The predicted molar refractivity (Wildman–Crippen MR) is 171 cm³/mol. The van der Waals surface area contributed by atoms with Crippen molar-refractivity contribution in [2.75, 3.05) is 36.5 Å². The van der Waals surface area contributed by atoms with Gasteiger partial charge >= 0.3 is 0 Å². The fraction of sp³-hybridized carbons (Fsp3) is 0.393. The Morgan fingerprint density at radius 3 is 2.19 bits per heavy atom. The molecule has 0 N–H and O–H groups in total. The Bertz CT molecular complexity index is 1290. The molecule has 1 aliphatic rings. The van der Waals surface area contributed by atoms with E-state index in [2.05, 4.69) is 97.8 Å². The molecule has 0 saturated carbocycles. The Labute approximate surface area is 242 Å². The number of allylic oxidation sites excluding steroid dienone is 2. The summed E-state index contributed by atoms with van der Waals surface area (Å²) < 4.78 is 3.84. The molecular weight excluding hydrogens is 557 g/mol. The molecule has 1 atom stereocenters. The molecule has 2 nitrogen and oxygen atoms in total. The summed E-state index contributed by atoms with van der Waals surface area (Å²) in [7, 11) is 0. The van der Waals surface area contributed by atoms with Crippen LogP contribution >= 0.6 is 70.1 Å². The van der Waals surface area contributed by atoms with E-state index in [9.17, 15) is 0 Å². The third kappa shape index (κ3) is 5.84. The summed E-state index contributed by atoms with van der Waals surface area (Å²) in [6.07, 6.45) is 16.9. The summed E-state index contributed by atoms with van der Waals surface area (Å²) in [6, 6.07) is 9.49. The lowest BCUT2D eigenvalue weighted by molar-refractivity contribution is -0.665. The number of aromatic nitrogens is 1. The van der Waals surface area contributed by atoms with Gasteiger partial charge in [-0.15, -0.1) is 47.0 Å². The molecule has 0 radical (unpaired) electrons. The average Bonchev–Trinajstić information content (AvgIpc) is 3.44. The summed E-state index contributed by atoms with van der Waals surface area (Å²) in [5.74, 6) is 0.475. The van der Waals surface area contributed by atoms with Gasteiger partial charge in [0.05, 0.1) is 10.7 Å². The minimum absolute atomic E-state index is 0.475. The largest absolute Gasteiger partial charge is 0.336 e. The van der Waals surface area contributed by atoms with E-state index in [1.807, 2.05) is 70.1 Å². The Kier molecular flexibility index (Phi) is 10.2. The van der Waals surface area contributed by atoms with E-state index < -0.39 is 0 Å². The Morgan fingerprint density at radius 2 is 1.56 bits per heavy atom. The van der Waals surface area contributed by atoms with Gasteiger partial charge in [0.15, 0.2) is 0 Å². The van der Waals surface area contributed by atoms with Crippen molar-refractivity contribution in [3.63, 3.8) is 0 Å². The number of thioether (sulfide) groups is 5. The summed E-state index contributed by atoms with van der Waals surface area (Å²) >= 11 is 11.2. The molecule has 0 aliphatic carbocycles. The van der Waals surface area contributed by atoms with Crippen molar-refractivity contribution in [3.05, 3.63) is 46.5 Å². The molecule has 0 bridgehead atoms. The van der Waals surface area contributed by atoms with E-state index in [0.29, 0.717) is 5.92 Å². The third-order valence-electron chi connectivity index (χ3n) is 6.34. The van der Waals surface area contributed by atoms with Crippen molar-refractivity contribution >= 4 is 92.1 Å². The van der Waals surface area contributed by atoms with Crippen LogP contribution < -0.4 is 9.47 Å². The van der Waals surface area contributed by atoms with Crippen LogP contribution in [0.2, 0.25) is 0 Å². The smallest absolute Gasteiger partial charge is 0.262 e. The van der Waals surface area contributed by atoms with Crippen molar-refractivity contribution in [1.82, 2.24) is 0 Å². The molecule has 192 valence electrons. The first-order chi connectivity index (χ1) is 17.5. The van der Waals surface area contributed by atoms with Gasteiger partial charge in [0.2, 0.25) is 5.52 Å². The molecule has 1 aliphatic heterocycles. The Hall–Kier alpha value is -0.640. The molecule has 0 spiro atoms. The standard InChI is InChI=1S/C28H35N2S6/c1-8-29-19-14-23(31-4)25(33-6)16-21(19)35-27(29)12-10-18(3)11-13-28-30(9-2)20-15-24(32-5)26(34-7)17-22(20)36-28/h10,12-18H,8-9,11H2,1-7H3/q+1. The lowest BCUT2D eigenvalue weighted by Gasteiger charge is -2.19. The maximum absolute atomic E-state index is 2.48. The summed E-state index contributed by atoms with van der Waals surface area (Å²) in [6.45, 7) is 8.81. The summed E-state index contributed by atoms with van der Waals surface area (Å²) in [5.41, 5.74) is 2.72. The quantitative estimate of drug-likeness (QED) is 0.170. The Balaban J connectivity index is 1.53. The predicted octanol–water partition coefficient (Wildman–Crippen LogP) is 9.61. The lowest BCUT2D eigenvalue weighted by Crippen LogP contribution is -2.33. The number of nitrogens with zero attached hydrogens (tertiary/aromatic N) is 2. The fourth-order valence-electron chi connectivity index (χ4n) is 4.40. The van der Waals surface area contributed by atoms with E-state index in [1.54, 1.807) is 0 Å². The van der Waals surface area contributed by atoms with E-state index in [4.69, 9.17) is 0 Å². The second-order valence-electron chi connectivity index (χ2n) is 8.50. The first kappa shape index (κ1) is 28.4. The number of fused-ring (bicyclic) bond motifs is 2. The van der Waals surface area contributed by atoms with E-state index in [-0.39, 0.29) is 0 Å².